The minimum Gasteiger partial charge on any atom is -0.493 e. The number of carbonyl (C=O) groups is 2. The van der Waals surface area contributed by atoms with Crippen LogP contribution >= 0.6 is 0 Å². The number of hydrogen-bond acceptors (Lipinski definition) is 7. The number of carbonyl (C=O) groups excluding carboxylic acids is 2. The van der Waals surface area contributed by atoms with E-state index in [4.69, 9.17) is 18.9 Å². The minimum atomic E-state index is -0.712. The van der Waals surface area contributed by atoms with Crippen molar-refractivity contribution in [2.45, 2.75) is 6.42 Å². The second-order valence-corrected chi connectivity index (χ2v) is 4.00. The average molecular weight is 310 g/mol. The first kappa shape index (κ1) is 17.4. The first-order valence-corrected chi connectivity index (χ1v) is 6.28. The van der Waals surface area contributed by atoms with Gasteiger partial charge in [0.15, 0.2) is 11.5 Å². The third kappa shape index (κ3) is 4.69. The van der Waals surface area contributed by atoms with Crippen LogP contribution in [0, 0.1) is 0 Å². The summed E-state index contributed by atoms with van der Waals surface area (Å²) >= 11 is 0. The fourth-order valence-electron chi connectivity index (χ4n) is 1.62. The molecule has 0 atom stereocenters. The molecular formula is C15H18O7. The highest BCUT2D eigenvalue weighted by atomic mass is 16.5. The topological polar surface area (TPSA) is 80.3 Å². The Balaban J connectivity index is 2.83. The third-order valence-corrected chi connectivity index (χ3v) is 2.66. The highest BCUT2D eigenvalue weighted by Gasteiger charge is 2.12. The molecule has 0 aromatic heterocycles. The number of esters is 2. The highest BCUT2D eigenvalue weighted by Crippen LogP contribution is 2.38. The Morgan fingerprint density at radius 2 is 1.55 bits per heavy atom. The molecule has 0 unspecified atom stereocenters. The summed E-state index contributed by atoms with van der Waals surface area (Å²) in [5.74, 6) is 0.0383. The van der Waals surface area contributed by atoms with Crippen molar-refractivity contribution in [2.75, 3.05) is 28.4 Å². The molecule has 0 amide bonds. The number of ether oxygens (including phenoxy) is 5. The number of methoxy groups -OCH3 is 4. The predicted molar refractivity (Wildman–Crippen MR) is 77.9 cm³/mol. The van der Waals surface area contributed by atoms with Gasteiger partial charge in [-0.05, 0) is 23.8 Å². The Morgan fingerprint density at radius 3 is 2.00 bits per heavy atom. The van der Waals surface area contributed by atoms with Gasteiger partial charge in [0.2, 0.25) is 5.75 Å². The van der Waals surface area contributed by atoms with Gasteiger partial charge in [0.05, 0.1) is 34.7 Å². The molecule has 22 heavy (non-hydrogen) atoms. The fourth-order valence-corrected chi connectivity index (χ4v) is 1.62. The zero-order valence-corrected chi connectivity index (χ0v) is 12.9. The Bertz CT molecular complexity index is 538. The largest absolute Gasteiger partial charge is 0.493 e. The number of hydrogen-bond donors (Lipinski definition) is 0. The van der Waals surface area contributed by atoms with Crippen LogP contribution in [0.3, 0.4) is 0 Å². The van der Waals surface area contributed by atoms with Crippen LogP contribution in [0.15, 0.2) is 18.4 Å². The van der Waals surface area contributed by atoms with Crippen molar-refractivity contribution >= 4 is 18.0 Å². The second kappa shape index (κ2) is 8.56. The van der Waals surface area contributed by atoms with Gasteiger partial charge in [-0.25, -0.2) is 0 Å². The van der Waals surface area contributed by atoms with Gasteiger partial charge in [-0.1, -0.05) is 0 Å². The summed E-state index contributed by atoms with van der Waals surface area (Å²) in [7, 11) is 5.70. The zero-order chi connectivity index (χ0) is 16.5. The van der Waals surface area contributed by atoms with Crippen molar-refractivity contribution in [3.05, 3.63) is 24.0 Å². The Morgan fingerprint density at radius 1 is 0.955 bits per heavy atom. The highest BCUT2D eigenvalue weighted by molar-refractivity contribution is 5.91. The molecule has 1 rings (SSSR count). The van der Waals surface area contributed by atoms with E-state index in [2.05, 4.69) is 4.74 Å². The summed E-state index contributed by atoms with van der Waals surface area (Å²) in [5.41, 5.74) is 0.667. The second-order valence-electron chi connectivity index (χ2n) is 4.00. The van der Waals surface area contributed by atoms with E-state index in [1.807, 2.05) is 0 Å². The maximum absolute atomic E-state index is 11.3. The molecule has 0 aliphatic carbocycles. The standard InChI is InChI=1S/C15H18O7/c1-18-11-7-10(8-12(19-2)15(11)21-4)5-6-22-14(17)9-13(16)20-3/h5-8H,9H2,1-4H3/b6-5+. The molecule has 0 heterocycles. The normalized spacial score (nSPS) is 10.2. The van der Waals surface area contributed by atoms with E-state index in [0.29, 0.717) is 22.8 Å². The lowest BCUT2D eigenvalue weighted by Gasteiger charge is -2.12. The van der Waals surface area contributed by atoms with Crippen LogP contribution in [0.2, 0.25) is 0 Å². The van der Waals surface area contributed by atoms with E-state index in [9.17, 15) is 9.59 Å². The molecule has 0 aliphatic rings. The molecule has 0 fully saturated rings. The summed E-state index contributed by atoms with van der Waals surface area (Å²) in [5, 5.41) is 0. The number of rotatable bonds is 7. The predicted octanol–water partition coefficient (Wildman–Crippen LogP) is 1.79. The van der Waals surface area contributed by atoms with E-state index in [0.717, 1.165) is 0 Å². The SMILES string of the molecule is COC(=O)CC(=O)O/C=C/c1cc(OC)c(OC)c(OC)c1. The van der Waals surface area contributed by atoms with E-state index in [1.165, 1.54) is 40.8 Å². The van der Waals surface area contributed by atoms with Gasteiger partial charge in [-0.3, -0.25) is 9.59 Å². The molecular weight excluding hydrogens is 292 g/mol. The molecule has 0 aliphatic heterocycles. The lowest BCUT2D eigenvalue weighted by Crippen LogP contribution is -2.09. The lowest BCUT2D eigenvalue weighted by atomic mass is 10.2. The molecule has 7 heteroatoms. The first-order chi connectivity index (χ1) is 10.5. The van der Waals surface area contributed by atoms with Crippen LogP contribution in [-0.2, 0) is 19.1 Å². The molecule has 0 radical (unpaired) electrons. The molecule has 0 bridgehead atoms. The summed E-state index contributed by atoms with van der Waals surface area (Å²) in [6, 6.07) is 3.37. The molecule has 0 saturated heterocycles. The van der Waals surface area contributed by atoms with Gasteiger partial charge in [-0.15, -0.1) is 0 Å². The minimum absolute atomic E-state index is 0.448. The molecule has 0 N–H and O–H groups in total. The van der Waals surface area contributed by atoms with Gasteiger partial charge >= 0.3 is 11.9 Å². The van der Waals surface area contributed by atoms with Crippen LogP contribution in [-0.4, -0.2) is 40.4 Å². The van der Waals surface area contributed by atoms with Crippen LogP contribution < -0.4 is 14.2 Å². The van der Waals surface area contributed by atoms with E-state index in [-0.39, 0.29) is 0 Å². The van der Waals surface area contributed by atoms with Crippen LogP contribution in [0.4, 0.5) is 0 Å². The Labute approximate surface area is 128 Å². The van der Waals surface area contributed by atoms with Crippen molar-refractivity contribution in [3.63, 3.8) is 0 Å². The van der Waals surface area contributed by atoms with E-state index < -0.39 is 18.4 Å². The third-order valence-electron chi connectivity index (χ3n) is 2.66. The molecule has 0 spiro atoms. The summed E-state index contributed by atoms with van der Waals surface area (Å²) in [4.78, 5) is 22.2. The van der Waals surface area contributed by atoms with Crippen LogP contribution in [0.5, 0.6) is 17.2 Å². The summed E-state index contributed by atoms with van der Waals surface area (Å²) < 4.78 is 24.8. The van der Waals surface area contributed by atoms with Gasteiger partial charge in [-0.2, -0.15) is 0 Å². The van der Waals surface area contributed by atoms with Gasteiger partial charge < -0.3 is 23.7 Å². The lowest BCUT2D eigenvalue weighted by molar-refractivity contribution is -0.149. The first-order valence-electron chi connectivity index (χ1n) is 6.28. The Hall–Kier alpha value is -2.70. The van der Waals surface area contributed by atoms with Gasteiger partial charge in [0.25, 0.3) is 0 Å². The summed E-state index contributed by atoms with van der Waals surface area (Å²) in [6.07, 6.45) is 2.25. The molecule has 0 saturated carbocycles. The zero-order valence-electron chi connectivity index (χ0n) is 12.9. The van der Waals surface area contributed by atoms with Crippen molar-refractivity contribution in [2.24, 2.45) is 0 Å². The molecule has 1 aromatic carbocycles. The number of benzene rings is 1. The van der Waals surface area contributed by atoms with Crippen molar-refractivity contribution in [3.8, 4) is 17.2 Å². The van der Waals surface area contributed by atoms with Gasteiger partial charge in [0, 0.05) is 0 Å². The van der Waals surface area contributed by atoms with Crippen molar-refractivity contribution in [1.29, 1.82) is 0 Å². The molecule has 120 valence electrons. The quantitative estimate of drug-likeness (QED) is 0.431. The molecule has 1 aromatic rings. The average Bonchev–Trinajstić information content (AvgIpc) is 2.53. The van der Waals surface area contributed by atoms with Crippen molar-refractivity contribution < 1.29 is 33.3 Å². The maximum atomic E-state index is 11.3. The van der Waals surface area contributed by atoms with Crippen LogP contribution in [0.1, 0.15) is 12.0 Å². The smallest absolute Gasteiger partial charge is 0.321 e. The van der Waals surface area contributed by atoms with E-state index >= 15 is 0 Å². The van der Waals surface area contributed by atoms with Crippen molar-refractivity contribution in [1.82, 2.24) is 0 Å². The van der Waals surface area contributed by atoms with Crippen LogP contribution in [0.25, 0.3) is 6.08 Å². The van der Waals surface area contributed by atoms with E-state index in [1.54, 1.807) is 12.1 Å². The van der Waals surface area contributed by atoms with Gasteiger partial charge in [0.1, 0.15) is 6.42 Å². The monoisotopic (exact) mass is 310 g/mol. The Kier molecular flexibility index (Phi) is 6.75. The fraction of sp³-hybridized carbons (Fsp3) is 0.333. The maximum Gasteiger partial charge on any atom is 0.321 e. The molecule has 7 nitrogen and oxygen atoms in total. The summed E-state index contributed by atoms with van der Waals surface area (Å²) in [6.45, 7) is 0.